The van der Waals surface area contributed by atoms with Crippen molar-refractivity contribution < 1.29 is 9.59 Å². The van der Waals surface area contributed by atoms with Gasteiger partial charge >= 0.3 is 0 Å². The van der Waals surface area contributed by atoms with Gasteiger partial charge in [-0.1, -0.05) is 48.8 Å². The Labute approximate surface area is 172 Å². The number of benzene rings is 1. The summed E-state index contributed by atoms with van der Waals surface area (Å²) in [6.07, 6.45) is 0. The molecule has 0 aliphatic heterocycles. The lowest BCUT2D eigenvalue weighted by molar-refractivity contribution is -0.115. The number of primary amides is 1. The predicted molar refractivity (Wildman–Crippen MR) is 107 cm³/mol. The van der Waals surface area contributed by atoms with E-state index >= 15 is 0 Å². The lowest BCUT2D eigenvalue weighted by Gasteiger charge is -2.22. The fraction of sp³-hybridized carbons (Fsp3) is 0.412. The van der Waals surface area contributed by atoms with Crippen molar-refractivity contribution in [1.29, 1.82) is 0 Å². The summed E-state index contributed by atoms with van der Waals surface area (Å²) in [6.45, 7) is 6.47. The highest BCUT2D eigenvalue weighted by Gasteiger charge is 2.26. The van der Waals surface area contributed by atoms with Crippen molar-refractivity contribution >= 4 is 46.8 Å². The molecule has 1 heterocycles. The molecule has 7 nitrogen and oxygen atoms in total. The minimum absolute atomic E-state index is 0.0449. The third-order valence-electron chi connectivity index (χ3n) is 3.81. The fourth-order valence-electron chi connectivity index (χ4n) is 2.49. The second kappa shape index (κ2) is 9.43. The molecule has 3 N–H and O–H groups in total. The van der Waals surface area contributed by atoms with Gasteiger partial charge in [0.05, 0.1) is 22.4 Å². The lowest BCUT2D eigenvalue weighted by Crippen LogP contribution is -2.34. The number of nitrogens with one attached hydrogen (secondary N) is 1. The largest absolute Gasteiger partial charge is 0.369 e. The van der Waals surface area contributed by atoms with E-state index in [0.717, 1.165) is 0 Å². The van der Waals surface area contributed by atoms with Crippen LogP contribution in [0.25, 0.3) is 0 Å². The molecule has 27 heavy (non-hydrogen) atoms. The molecule has 2 amide bonds. The first kappa shape index (κ1) is 21.5. The Balaban J connectivity index is 2.29. The van der Waals surface area contributed by atoms with Crippen molar-refractivity contribution in [3.05, 3.63) is 39.6 Å². The molecule has 0 spiro atoms. The average Bonchev–Trinajstić information content (AvgIpc) is 2.99. The van der Waals surface area contributed by atoms with E-state index in [0.29, 0.717) is 28.1 Å². The Bertz CT molecular complexity index is 841. The minimum Gasteiger partial charge on any atom is -0.369 e. The second-order valence-electron chi connectivity index (χ2n) is 6.16. The molecule has 0 fully saturated rings. The number of nitrogens with zero attached hydrogens (tertiary/aromatic N) is 3. The molecule has 10 heteroatoms. The second-order valence-corrected chi connectivity index (χ2v) is 7.95. The summed E-state index contributed by atoms with van der Waals surface area (Å²) in [7, 11) is 0. The fourth-order valence-corrected chi connectivity index (χ4v) is 3.73. The third kappa shape index (κ3) is 5.37. The van der Waals surface area contributed by atoms with Crippen molar-refractivity contribution in [1.82, 2.24) is 20.1 Å². The number of hydrogen-bond donors (Lipinski definition) is 2. The molecule has 0 aliphatic carbocycles. The summed E-state index contributed by atoms with van der Waals surface area (Å²) >= 11 is 13.3. The number of hydrogen-bond acceptors (Lipinski definition) is 5. The van der Waals surface area contributed by atoms with E-state index in [9.17, 15) is 9.59 Å². The molecule has 0 saturated heterocycles. The number of carbonyl (C=O) groups excluding carboxylic acids is 2. The summed E-state index contributed by atoms with van der Waals surface area (Å²) in [6, 6.07) is 4.32. The van der Waals surface area contributed by atoms with E-state index in [1.54, 1.807) is 12.1 Å². The van der Waals surface area contributed by atoms with Gasteiger partial charge < -0.3 is 15.6 Å². The smallest absolute Gasteiger partial charge is 0.253 e. The van der Waals surface area contributed by atoms with E-state index in [1.807, 2.05) is 25.3 Å². The first-order chi connectivity index (χ1) is 12.7. The van der Waals surface area contributed by atoms with Crippen LogP contribution in [0.4, 0.5) is 0 Å². The maximum absolute atomic E-state index is 12.7. The SMILES string of the molecule is CCn1c(SCC(N)=O)nnc1C(NC(=O)c1ccc(Cl)cc1Cl)C(C)C. The van der Waals surface area contributed by atoms with E-state index in [-0.39, 0.29) is 28.6 Å². The number of carbonyl (C=O) groups is 2. The standard InChI is InChI=1S/C17H21Cl2N5O2S/c1-4-24-15(22-23-17(24)27-8-13(20)25)14(9(2)3)21-16(26)11-6-5-10(18)7-12(11)19/h5-7,9,14H,4,8H2,1-3H3,(H2,20,25)(H,21,26). The summed E-state index contributed by atoms with van der Waals surface area (Å²) in [5, 5.41) is 12.7. The predicted octanol–water partition coefficient (Wildman–Crippen LogP) is 3.31. The van der Waals surface area contributed by atoms with E-state index in [4.69, 9.17) is 28.9 Å². The normalized spacial score (nSPS) is 12.2. The number of rotatable bonds is 8. The van der Waals surface area contributed by atoms with Crippen LogP contribution in [0.15, 0.2) is 23.4 Å². The first-order valence-corrected chi connectivity index (χ1v) is 10.1. The summed E-state index contributed by atoms with van der Waals surface area (Å²) in [4.78, 5) is 23.8. The molecule has 1 atom stereocenters. The molecule has 0 aliphatic rings. The van der Waals surface area contributed by atoms with Gasteiger partial charge in [-0.25, -0.2) is 0 Å². The third-order valence-corrected chi connectivity index (χ3v) is 5.35. The first-order valence-electron chi connectivity index (χ1n) is 8.34. The van der Waals surface area contributed by atoms with Crippen LogP contribution in [0.2, 0.25) is 10.0 Å². The van der Waals surface area contributed by atoms with Crippen LogP contribution >= 0.6 is 35.0 Å². The zero-order valence-corrected chi connectivity index (χ0v) is 17.5. The van der Waals surface area contributed by atoms with Crippen molar-refractivity contribution in [3.63, 3.8) is 0 Å². The van der Waals surface area contributed by atoms with Crippen LogP contribution in [-0.2, 0) is 11.3 Å². The summed E-state index contributed by atoms with van der Waals surface area (Å²) in [5.74, 6) is 0.00380. The van der Waals surface area contributed by atoms with E-state index < -0.39 is 5.91 Å². The molecule has 1 aromatic heterocycles. The van der Waals surface area contributed by atoms with Gasteiger partial charge in [-0.05, 0) is 31.0 Å². The highest BCUT2D eigenvalue weighted by atomic mass is 35.5. The topological polar surface area (TPSA) is 103 Å². The Morgan fingerprint density at radius 3 is 2.56 bits per heavy atom. The van der Waals surface area contributed by atoms with Crippen LogP contribution in [0.1, 0.15) is 43.0 Å². The number of amides is 2. The molecule has 1 unspecified atom stereocenters. The van der Waals surface area contributed by atoms with Crippen LogP contribution in [0, 0.1) is 5.92 Å². The van der Waals surface area contributed by atoms with Crippen LogP contribution < -0.4 is 11.1 Å². The molecular weight excluding hydrogens is 409 g/mol. The monoisotopic (exact) mass is 429 g/mol. The van der Waals surface area contributed by atoms with Crippen molar-refractivity contribution in [3.8, 4) is 0 Å². The average molecular weight is 430 g/mol. The quantitative estimate of drug-likeness (QED) is 0.626. The molecule has 0 bridgehead atoms. The highest BCUT2D eigenvalue weighted by Crippen LogP contribution is 2.27. The van der Waals surface area contributed by atoms with Crippen LogP contribution in [0.3, 0.4) is 0 Å². The van der Waals surface area contributed by atoms with Gasteiger partial charge in [-0.2, -0.15) is 0 Å². The summed E-state index contributed by atoms with van der Waals surface area (Å²) < 4.78 is 1.86. The minimum atomic E-state index is -0.432. The molecule has 1 aromatic carbocycles. The van der Waals surface area contributed by atoms with Gasteiger partial charge in [0, 0.05) is 11.6 Å². The zero-order valence-electron chi connectivity index (χ0n) is 15.2. The highest BCUT2D eigenvalue weighted by molar-refractivity contribution is 7.99. The van der Waals surface area contributed by atoms with Gasteiger partial charge in [0.15, 0.2) is 11.0 Å². The van der Waals surface area contributed by atoms with Crippen molar-refractivity contribution in [2.75, 3.05) is 5.75 Å². The van der Waals surface area contributed by atoms with Crippen LogP contribution in [0.5, 0.6) is 0 Å². The van der Waals surface area contributed by atoms with Gasteiger partial charge in [0.2, 0.25) is 5.91 Å². The van der Waals surface area contributed by atoms with Gasteiger partial charge in [0.1, 0.15) is 0 Å². The maximum Gasteiger partial charge on any atom is 0.253 e. The number of aromatic nitrogens is 3. The maximum atomic E-state index is 12.7. The van der Waals surface area contributed by atoms with E-state index in [1.165, 1.54) is 17.8 Å². The van der Waals surface area contributed by atoms with Crippen molar-refractivity contribution in [2.24, 2.45) is 11.7 Å². The van der Waals surface area contributed by atoms with Crippen LogP contribution in [-0.4, -0.2) is 32.3 Å². The van der Waals surface area contributed by atoms with Gasteiger partial charge in [-0.3, -0.25) is 9.59 Å². The number of nitrogens with two attached hydrogens (primary N) is 1. The molecule has 0 radical (unpaired) electrons. The molecule has 0 saturated carbocycles. The molecule has 146 valence electrons. The number of thioether (sulfide) groups is 1. The molecule has 2 aromatic rings. The summed E-state index contributed by atoms with van der Waals surface area (Å²) in [5.41, 5.74) is 5.54. The Morgan fingerprint density at radius 1 is 1.30 bits per heavy atom. The Kier molecular flexibility index (Phi) is 7.52. The molecular formula is C17H21Cl2N5O2S. The Morgan fingerprint density at radius 2 is 2.00 bits per heavy atom. The Hall–Kier alpha value is -1.77. The van der Waals surface area contributed by atoms with E-state index in [2.05, 4.69) is 15.5 Å². The molecule has 2 rings (SSSR count). The van der Waals surface area contributed by atoms with Gasteiger partial charge in [-0.15, -0.1) is 10.2 Å². The number of halogens is 2. The lowest BCUT2D eigenvalue weighted by atomic mass is 10.0. The van der Waals surface area contributed by atoms with Crippen molar-refractivity contribution in [2.45, 2.75) is 38.5 Å². The van der Waals surface area contributed by atoms with Gasteiger partial charge in [0.25, 0.3) is 5.91 Å². The zero-order chi connectivity index (χ0) is 20.1.